The second kappa shape index (κ2) is 7.71. The van der Waals surface area contributed by atoms with Gasteiger partial charge in [0.2, 0.25) is 5.90 Å². The first-order valence-corrected chi connectivity index (χ1v) is 10.2. The quantitative estimate of drug-likeness (QED) is 0.737. The molecule has 0 spiro atoms. The van der Waals surface area contributed by atoms with Gasteiger partial charge in [0, 0.05) is 18.0 Å². The summed E-state index contributed by atoms with van der Waals surface area (Å²) in [7, 11) is 1.76. The lowest BCUT2D eigenvalue weighted by atomic mass is 9.69. The fourth-order valence-corrected chi connectivity index (χ4v) is 4.29. The topological polar surface area (TPSA) is 82.4 Å². The van der Waals surface area contributed by atoms with Crippen LogP contribution in [0.1, 0.15) is 53.5 Å². The summed E-state index contributed by atoms with van der Waals surface area (Å²) in [6.07, 6.45) is 4.60. The molecule has 6 heteroatoms. The number of aromatic carboxylic acids is 1. The van der Waals surface area contributed by atoms with Crippen LogP contribution in [-0.4, -0.2) is 34.2 Å². The van der Waals surface area contributed by atoms with Gasteiger partial charge in [0.25, 0.3) is 0 Å². The van der Waals surface area contributed by atoms with Crippen LogP contribution in [0.3, 0.4) is 0 Å². The lowest BCUT2D eigenvalue weighted by Gasteiger charge is -2.35. The van der Waals surface area contributed by atoms with Gasteiger partial charge in [-0.1, -0.05) is 48.9 Å². The molecule has 2 N–H and O–H groups in total. The lowest BCUT2D eigenvalue weighted by Crippen LogP contribution is -2.27. The predicted molar refractivity (Wildman–Crippen MR) is 119 cm³/mol. The van der Waals surface area contributed by atoms with Gasteiger partial charge in [-0.25, -0.2) is 9.79 Å². The van der Waals surface area contributed by atoms with E-state index in [1.54, 1.807) is 18.2 Å². The molecule has 0 bridgehead atoms. The molecule has 0 radical (unpaired) electrons. The normalized spacial score (nSPS) is 23.6. The fourth-order valence-electron chi connectivity index (χ4n) is 4.29. The number of carboxylic acid groups (broad SMARTS) is 1. The van der Waals surface area contributed by atoms with Crippen LogP contribution in [0.5, 0.6) is 5.75 Å². The van der Waals surface area contributed by atoms with Gasteiger partial charge in [-0.05, 0) is 55.2 Å². The first kappa shape index (κ1) is 20.9. The Morgan fingerprint density at radius 3 is 2.65 bits per heavy atom. The van der Waals surface area contributed by atoms with Crippen LogP contribution in [0.15, 0.2) is 70.8 Å². The number of carboxylic acids is 1. The van der Waals surface area contributed by atoms with Gasteiger partial charge >= 0.3 is 5.97 Å². The van der Waals surface area contributed by atoms with Crippen molar-refractivity contribution in [3.63, 3.8) is 0 Å². The Hall–Kier alpha value is -3.38. The van der Waals surface area contributed by atoms with E-state index < -0.39 is 12.1 Å². The van der Waals surface area contributed by atoms with Crippen molar-refractivity contribution in [2.45, 2.75) is 38.8 Å². The first-order chi connectivity index (χ1) is 14.7. The van der Waals surface area contributed by atoms with Crippen LogP contribution in [0.25, 0.3) is 0 Å². The average molecular weight is 418 g/mol. The van der Waals surface area contributed by atoms with Crippen LogP contribution < -0.4 is 0 Å². The number of allylic oxidation sites excluding steroid dienone is 2. The summed E-state index contributed by atoms with van der Waals surface area (Å²) in [5.74, 6) is -0.955. The van der Waals surface area contributed by atoms with Crippen molar-refractivity contribution < 1.29 is 19.8 Å². The second-order valence-electron chi connectivity index (χ2n) is 8.37. The number of rotatable bonds is 4. The summed E-state index contributed by atoms with van der Waals surface area (Å²) in [5, 5.41) is 20.7. The highest BCUT2D eigenvalue weighted by Gasteiger charge is 2.35. The molecule has 0 saturated heterocycles. The monoisotopic (exact) mass is 418 g/mol. The molecule has 2 aromatic carbocycles. The minimum atomic E-state index is -1.19. The smallest absolute Gasteiger partial charge is 0.339 e. The van der Waals surface area contributed by atoms with Gasteiger partial charge in [-0.15, -0.1) is 5.06 Å². The second-order valence-corrected chi connectivity index (χ2v) is 8.37. The summed E-state index contributed by atoms with van der Waals surface area (Å²) in [5.41, 5.74) is 5.11. The lowest BCUT2D eigenvalue weighted by molar-refractivity contribution is -0.0572. The molecule has 2 aromatic rings. The van der Waals surface area contributed by atoms with Crippen molar-refractivity contribution in [2.75, 3.05) is 7.05 Å². The molecule has 1 heterocycles. The molecule has 0 amide bonds. The highest BCUT2D eigenvalue weighted by molar-refractivity contribution is 5.97. The van der Waals surface area contributed by atoms with E-state index in [-0.39, 0.29) is 16.7 Å². The van der Waals surface area contributed by atoms with E-state index in [9.17, 15) is 15.0 Å². The fraction of sp³-hybridized carbons (Fsp3) is 0.280. The number of aromatic hydroxyl groups is 1. The first-order valence-electron chi connectivity index (χ1n) is 10.2. The third-order valence-corrected chi connectivity index (χ3v) is 6.32. The maximum Gasteiger partial charge on any atom is 0.339 e. The standard InChI is InChI=1S/C25H26N2O4/c1-15-7-5-6-8-20(15)25(3)12-11-18(13-16(25)2)23-26-22(27(4)31-23)17-9-10-21(28)19(14-17)24(29)30/h5-11,13-14,22,28H,12H2,1-4H3,(H,29,30). The van der Waals surface area contributed by atoms with Crippen molar-refractivity contribution >= 4 is 11.9 Å². The van der Waals surface area contributed by atoms with Crippen LogP contribution in [0, 0.1) is 6.92 Å². The molecule has 1 aliphatic heterocycles. The molecule has 1 aliphatic carbocycles. The minimum absolute atomic E-state index is 0.0906. The maximum atomic E-state index is 11.4. The van der Waals surface area contributed by atoms with Crippen molar-refractivity contribution in [2.24, 2.45) is 4.99 Å². The van der Waals surface area contributed by atoms with Crippen LogP contribution in [-0.2, 0) is 10.3 Å². The van der Waals surface area contributed by atoms with Gasteiger partial charge in [-0.2, -0.15) is 0 Å². The van der Waals surface area contributed by atoms with Crippen LogP contribution in [0.4, 0.5) is 0 Å². The molecule has 4 rings (SSSR count). The number of nitrogens with zero attached hydrogens (tertiary/aromatic N) is 2. The number of carbonyl (C=O) groups is 1. The molecule has 6 nitrogen and oxygen atoms in total. The molecule has 160 valence electrons. The van der Waals surface area contributed by atoms with E-state index in [0.29, 0.717) is 11.5 Å². The number of hydroxylamine groups is 2. The Morgan fingerprint density at radius 2 is 1.97 bits per heavy atom. The molecule has 2 unspecified atom stereocenters. The maximum absolute atomic E-state index is 11.4. The Labute approximate surface area is 181 Å². The minimum Gasteiger partial charge on any atom is -0.507 e. The van der Waals surface area contributed by atoms with Gasteiger partial charge in [-0.3, -0.25) is 0 Å². The Morgan fingerprint density at radius 1 is 1.23 bits per heavy atom. The molecule has 0 aromatic heterocycles. The summed E-state index contributed by atoms with van der Waals surface area (Å²) >= 11 is 0. The SMILES string of the molecule is CC1=CC(C2=NC(c3ccc(O)c(C(=O)O)c3)N(C)O2)=CCC1(C)c1ccccc1C. The number of phenols is 1. The highest BCUT2D eigenvalue weighted by Crippen LogP contribution is 2.42. The van der Waals surface area contributed by atoms with Gasteiger partial charge in [0.15, 0.2) is 6.17 Å². The Balaban J connectivity index is 1.63. The number of aryl methyl sites for hydroxylation is 1. The number of aliphatic imine (C=N–C) groups is 1. The third-order valence-electron chi connectivity index (χ3n) is 6.32. The van der Waals surface area contributed by atoms with E-state index in [1.165, 1.54) is 28.8 Å². The van der Waals surface area contributed by atoms with Gasteiger partial charge in [0.1, 0.15) is 11.3 Å². The Kier molecular flexibility index (Phi) is 5.19. The van der Waals surface area contributed by atoms with Crippen LogP contribution >= 0.6 is 0 Å². The summed E-state index contributed by atoms with van der Waals surface area (Å²) in [6, 6.07) is 12.9. The predicted octanol–water partition coefficient (Wildman–Crippen LogP) is 4.91. The molecule has 2 aliphatic rings. The molecule has 0 saturated carbocycles. The Bertz CT molecular complexity index is 1150. The summed E-state index contributed by atoms with van der Waals surface area (Å²) in [4.78, 5) is 22.0. The van der Waals surface area contributed by atoms with E-state index in [2.05, 4.69) is 57.2 Å². The molecular formula is C25H26N2O4. The number of hydrogen-bond acceptors (Lipinski definition) is 5. The van der Waals surface area contributed by atoms with E-state index in [0.717, 1.165) is 12.0 Å². The van der Waals surface area contributed by atoms with Gasteiger partial charge in [0.05, 0.1) is 0 Å². The van der Waals surface area contributed by atoms with E-state index in [4.69, 9.17) is 9.83 Å². The highest BCUT2D eigenvalue weighted by atomic mass is 16.7. The number of benzene rings is 2. The average Bonchev–Trinajstić information content (AvgIpc) is 3.12. The van der Waals surface area contributed by atoms with Crippen molar-refractivity contribution in [1.82, 2.24) is 5.06 Å². The zero-order chi connectivity index (χ0) is 22.3. The summed E-state index contributed by atoms with van der Waals surface area (Å²) in [6.45, 7) is 6.53. The molecule has 0 fully saturated rings. The molecule has 31 heavy (non-hydrogen) atoms. The molecule has 2 atom stereocenters. The molecular weight excluding hydrogens is 392 g/mol. The van der Waals surface area contributed by atoms with E-state index >= 15 is 0 Å². The van der Waals surface area contributed by atoms with Crippen LogP contribution in [0.2, 0.25) is 0 Å². The van der Waals surface area contributed by atoms with Crippen molar-refractivity contribution in [3.8, 4) is 5.75 Å². The zero-order valence-electron chi connectivity index (χ0n) is 18.1. The van der Waals surface area contributed by atoms with Crippen molar-refractivity contribution in [1.29, 1.82) is 0 Å². The van der Waals surface area contributed by atoms with Crippen molar-refractivity contribution in [3.05, 3.63) is 88.0 Å². The zero-order valence-corrected chi connectivity index (χ0v) is 18.1. The number of hydrogen-bond donors (Lipinski definition) is 2. The largest absolute Gasteiger partial charge is 0.507 e. The summed E-state index contributed by atoms with van der Waals surface area (Å²) < 4.78 is 0. The third kappa shape index (κ3) is 3.64. The van der Waals surface area contributed by atoms with E-state index in [1.807, 2.05) is 0 Å². The van der Waals surface area contributed by atoms with Gasteiger partial charge < -0.3 is 15.1 Å².